The molecule has 0 radical (unpaired) electrons. The lowest BCUT2D eigenvalue weighted by Gasteiger charge is -2.23. The van der Waals surface area contributed by atoms with Gasteiger partial charge in [0.25, 0.3) is 0 Å². The third-order valence-electron chi connectivity index (χ3n) is 2.87. The molecule has 2 aromatic rings. The first-order valence-corrected chi connectivity index (χ1v) is 6.39. The molecule has 0 spiro atoms. The number of amides is 2. The van der Waals surface area contributed by atoms with E-state index in [0.29, 0.717) is 13.1 Å². The van der Waals surface area contributed by atoms with E-state index < -0.39 is 0 Å². The molecule has 5 nitrogen and oxygen atoms in total. The lowest BCUT2D eigenvalue weighted by molar-refractivity contribution is 0.164. The molecule has 0 aliphatic carbocycles. The van der Waals surface area contributed by atoms with Gasteiger partial charge in [0.15, 0.2) is 0 Å². The molecule has 0 unspecified atom stereocenters. The predicted octanol–water partition coefficient (Wildman–Crippen LogP) is 1.78. The van der Waals surface area contributed by atoms with Gasteiger partial charge < -0.3 is 0 Å². The van der Waals surface area contributed by atoms with Crippen molar-refractivity contribution in [3.63, 3.8) is 0 Å². The molecular weight excluding hydrogens is 252 g/mol. The van der Waals surface area contributed by atoms with E-state index in [-0.39, 0.29) is 6.03 Å². The van der Waals surface area contributed by atoms with Crippen LogP contribution in [0.15, 0.2) is 60.7 Å². The van der Waals surface area contributed by atoms with Crippen LogP contribution in [0.5, 0.6) is 0 Å². The minimum Gasteiger partial charge on any atom is -0.275 e. The largest absolute Gasteiger partial charge is 0.346 e. The second-order valence-corrected chi connectivity index (χ2v) is 4.34. The number of nitrogens with two attached hydrogens (primary N) is 1. The average molecular weight is 270 g/mol. The number of hydrazine groups is 2. The lowest BCUT2D eigenvalue weighted by Crippen LogP contribution is -2.49. The van der Waals surface area contributed by atoms with Crippen molar-refractivity contribution >= 4 is 6.03 Å². The Morgan fingerprint density at radius 1 is 0.950 bits per heavy atom. The number of rotatable bonds is 5. The molecule has 2 aromatic carbocycles. The Hall–Kier alpha value is -2.37. The van der Waals surface area contributed by atoms with Crippen LogP contribution < -0.4 is 16.7 Å². The summed E-state index contributed by atoms with van der Waals surface area (Å²) in [6.07, 6.45) is 0. The van der Waals surface area contributed by atoms with Crippen LogP contribution in [0.4, 0.5) is 4.79 Å². The molecular formula is C15H18N4O. The normalized spacial score (nSPS) is 10.1. The van der Waals surface area contributed by atoms with Gasteiger partial charge in [-0.2, -0.15) is 0 Å². The molecule has 104 valence electrons. The van der Waals surface area contributed by atoms with Crippen molar-refractivity contribution in [2.75, 3.05) is 0 Å². The van der Waals surface area contributed by atoms with Crippen molar-refractivity contribution < 1.29 is 4.79 Å². The first-order chi connectivity index (χ1) is 9.79. The number of nitrogens with zero attached hydrogens (tertiary/aromatic N) is 1. The Kier molecular flexibility index (Phi) is 5.11. The summed E-state index contributed by atoms with van der Waals surface area (Å²) in [6, 6.07) is 19.2. The van der Waals surface area contributed by atoms with Crippen molar-refractivity contribution in [1.82, 2.24) is 15.9 Å². The smallest absolute Gasteiger partial charge is 0.275 e. The quantitative estimate of drug-likeness (QED) is 0.440. The van der Waals surface area contributed by atoms with Crippen LogP contribution in [0.1, 0.15) is 11.1 Å². The van der Waals surface area contributed by atoms with E-state index in [0.717, 1.165) is 11.1 Å². The van der Waals surface area contributed by atoms with Gasteiger partial charge in [-0.05, 0) is 11.1 Å². The van der Waals surface area contributed by atoms with E-state index in [4.69, 9.17) is 5.84 Å². The number of carbonyl (C=O) groups is 1. The first-order valence-electron chi connectivity index (χ1n) is 6.39. The van der Waals surface area contributed by atoms with Crippen LogP contribution in [0.3, 0.4) is 0 Å². The Labute approximate surface area is 118 Å². The van der Waals surface area contributed by atoms with E-state index in [2.05, 4.69) is 10.9 Å². The average Bonchev–Trinajstić information content (AvgIpc) is 2.52. The predicted molar refractivity (Wildman–Crippen MR) is 78.0 cm³/mol. The molecule has 0 saturated carbocycles. The fourth-order valence-corrected chi connectivity index (χ4v) is 1.83. The molecule has 5 heteroatoms. The number of hydrogen-bond donors (Lipinski definition) is 3. The number of urea groups is 1. The summed E-state index contributed by atoms with van der Waals surface area (Å²) < 4.78 is 0. The van der Waals surface area contributed by atoms with Crippen molar-refractivity contribution in [3.05, 3.63) is 71.8 Å². The summed E-state index contributed by atoms with van der Waals surface area (Å²) in [5.41, 5.74) is 7.34. The highest BCUT2D eigenvalue weighted by Gasteiger charge is 2.12. The summed E-state index contributed by atoms with van der Waals surface area (Å²) in [5, 5.41) is 1.46. The van der Waals surface area contributed by atoms with E-state index in [9.17, 15) is 4.79 Å². The lowest BCUT2D eigenvalue weighted by atomic mass is 10.2. The van der Waals surface area contributed by atoms with Crippen LogP contribution in [0, 0.1) is 0 Å². The summed E-state index contributed by atoms with van der Waals surface area (Å²) >= 11 is 0. The van der Waals surface area contributed by atoms with Crippen LogP contribution in [0.2, 0.25) is 0 Å². The Morgan fingerprint density at radius 3 is 2.05 bits per heavy atom. The van der Waals surface area contributed by atoms with Gasteiger partial charge in [0.1, 0.15) is 0 Å². The van der Waals surface area contributed by atoms with Gasteiger partial charge >= 0.3 is 6.03 Å². The van der Waals surface area contributed by atoms with Gasteiger partial charge in [-0.25, -0.2) is 16.1 Å². The van der Waals surface area contributed by atoms with Gasteiger partial charge in [-0.15, -0.1) is 0 Å². The molecule has 20 heavy (non-hydrogen) atoms. The van der Waals surface area contributed by atoms with Gasteiger partial charge in [0.2, 0.25) is 0 Å². The summed E-state index contributed by atoms with van der Waals surface area (Å²) in [4.78, 5) is 11.8. The van der Waals surface area contributed by atoms with Gasteiger partial charge in [-0.1, -0.05) is 60.7 Å². The third-order valence-corrected chi connectivity index (χ3v) is 2.87. The second kappa shape index (κ2) is 7.28. The minimum absolute atomic E-state index is 0.371. The van der Waals surface area contributed by atoms with E-state index in [1.54, 1.807) is 0 Å². The topological polar surface area (TPSA) is 70.4 Å². The van der Waals surface area contributed by atoms with Crippen LogP contribution >= 0.6 is 0 Å². The second-order valence-electron chi connectivity index (χ2n) is 4.34. The minimum atomic E-state index is -0.371. The van der Waals surface area contributed by atoms with E-state index in [1.165, 1.54) is 5.01 Å². The zero-order valence-corrected chi connectivity index (χ0v) is 11.1. The Balaban J connectivity index is 1.99. The molecule has 0 atom stereocenters. The standard InChI is InChI=1S/C15H18N4O/c16-18-15(20)19(12-14-9-5-2-6-10-14)17-11-13-7-3-1-4-8-13/h1-10,17H,11-12,16H2,(H,18,20). The SMILES string of the molecule is NNC(=O)N(Cc1ccccc1)NCc1ccccc1. The van der Waals surface area contributed by atoms with Crippen molar-refractivity contribution in [2.24, 2.45) is 5.84 Å². The van der Waals surface area contributed by atoms with E-state index >= 15 is 0 Å². The van der Waals surface area contributed by atoms with Crippen molar-refractivity contribution in [2.45, 2.75) is 13.1 Å². The van der Waals surface area contributed by atoms with Crippen molar-refractivity contribution in [1.29, 1.82) is 0 Å². The third kappa shape index (κ3) is 4.08. The molecule has 2 amide bonds. The molecule has 0 aliphatic rings. The maximum absolute atomic E-state index is 11.8. The molecule has 2 rings (SSSR count). The highest BCUT2D eigenvalue weighted by atomic mass is 16.2. The Bertz CT molecular complexity index is 530. The number of carbonyl (C=O) groups excluding carboxylic acids is 1. The van der Waals surface area contributed by atoms with Crippen molar-refractivity contribution in [3.8, 4) is 0 Å². The first kappa shape index (κ1) is 14.0. The Morgan fingerprint density at radius 2 is 1.50 bits per heavy atom. The van der Waals surface area contributed by atoms with Crippen LogP contribution in [-0.4, -0.2) is 11.0 Å². The molecule has 0 bridgehead atoms. The van der Waals surface area contributed by atoms with Gasteiger partial charge in [0, 0.05) is 6.54 Å². The highest BCUT2D eigenvalue weighted by Crippen LogP contribution is 2.04. The van der Waals surface area contributed by atoms with E-state index in [1.807, 2.05) is 60.7 Å². The molecule has 0 aromatic heterocycles. The van der Waals surface area contributed by atoms with Gasteiger partial charge in [-0.3, -0.25) is 10.4 Å². The molecule has 0 saturated heterocycles. The maximum Gasteiger partial charge on any atom is 0.346 e. The fraction of sp³-hybridized carbons (Fsp3) is 0.133. The molecule has 0 aliphatic heterocycles. The zero-order valence-electron chi connectivity index (χ0n) is 11.1. The highest BCUT2D eigenvalue weighted by molar-refractivity contribution is 5.72. The number of benzene rings is 2. The van der Waals surface area contributed by atoms with Crippen LogP contribution in [0.25, 0.3) is 0 Å². The summed E-state index contributed by atoms with van der Waals surface area (Å²) in [6.45, 7) is 0.998. The molecule has 0 heterocycles. The number of hydrogen-bond acceptors (Lipinski definition) is 3. The number of nitrogens with one attached hydrogen (secondary N) is 2. The van der Waals surface area contributed by atoms with Crippen LogP contribution in [-0.2, 0) is 13.1 Å². The zero-order chi connectivity index (χ0) is 14.2. The maximum atomic E-state index is 11.8. The van der Waals surface area contributed by atoms with Gasteiger partial charge in [0.05, 0.1) is 6.54 Å². The molecule has 0 fully saturated rings. The monoisotopic (exact) mass is 270 g/mol. The summed E-state index contributed by atoms with van der Waals surface area (Å²) in [7, 11) is 0. The fourth-order valence-electron chi connectivity index (χ4n) is 1.83. The summed E-state index contributed by atoms with van der Waals surface area (Å²) in [5.74, 6) is 5.21. The molecule has 4 N–H and O–H groups in total.